The van der Waals surface area contributed by atoms with E-state index in [1.165, 1.54) is 0 Å². The van der Waals surface area contributed by atoms with E-state index in [1.807, 2.05) is 45.0 Å². The Balaban J connectivity index is 2.55. The SMILES string of the molecule is CCOC(OCC)c1c(C=O)nnn1-c1ccccc1C. The van der Waals surface area contributed by atoms with Crippen molar-refractivity contribution in [3.63, 3.8) is 0 Å². The fourth-order valence-electron chi connectivity index (χ4n) is 2.09. The lowest BCUT2D eigenvalue weighted by atomic mass is 10.2. The second-order valence-corrected chi connectivity index (χ2v) is 4.42. The van der Waals surface area contributed by atoms with Gasteiger partial charge in [-0.05, 0) is 32.4 Å². The van der Waals surface area contributed by atoms with Crippen LogP contribution in [0.3, 0.4) is 0 Å². The van der Waals surface area contributed by atoms with Crippen LogP contribution in [0, 0.1) is 6.92 Å². The highest BCUT2D eigenvalue weighted by Crippen LogP contribution is 2.25. The van der Waals surface area contributed by atoms with Gasteiger partial charge in [0, 0.05) is 13.2 Å². The van der Waals surface area contributed by atoms with Crippen molar-refractivity contribution in [2.24, 2.45) is 0 Å². The van der Waals surface area contributed by atoms with Gasteiger partial charge in [0.05, 0.1) is 5.69 Å². The fraction of sp³-hybridized carbons (Fsp3) is 0.400. The first-order valence-corrected chi connectivity index (χ1v) is 6.92. The summed E-state index contributed by atoms with van der Waals surface area (Å²) in [5.74, 6) is 0. The molecule has 21 heavy (non-hydrogen) atoms. The molecule has 112 valence electrons. The van der Waals surface area contributed by atoms with Gasteiger partial charge >= 0.3 is 0 Å². The number of carbonyl (C=O) groups excluding carboxylic acids is 1. The van der Waals surface area contributed by atoms with Crippen molar-refractivity contribution in [1.29, 1.82) is 0 Å². The molecule has 0 unspecified atom stereocenters. The molecule has 0 amide bonds. The lowest BCUT2D eigenvalue weighted by Gasteiger charge is -2.18. The zero-order chi connectivity index (χ0) is 15.2. The third-order valence-corrected chi connectivity index (χ3v) is 3.05. The number of hydrogen-bond acceptors (Lipinski definition) is 5. The summed E-state index contributed by atoms with van der Waals surface area (Å²) in [6.07, 6.45) is -0.00268. The first-order valence-electron chi connectivity index (χ1n) is 6.92. The minimum atomic E-state index is -0.671. The normalized spacial score (nSPS) is 11.0. The quantitative estimate of drug-likeness (QED) is 0.578. The van der Waals surface area contributed by atoms with Gasteiger partial charge in [-0.2, -0.15) is 0 Å². The predicted octanol–water partition coefficient (Wildman–Crippen LogP) is 2.46. The minimum absolute atomic E-state index is 0.227. The van der Waals surface area contributed by atoms with E-state index in [2.05, 4.69) is 10.3 Å². The third-order valence-electron chi connectivity index (χ3n) is 3.05. The Labute approximate surface area is 123 Å². The molecule has 1 heterocycles. The molecule has 0 spiro atoms. The molecule has 0 saturated heterocycles. The molecule has 0 aliphatic heterocycles. The van der Waals surface area contributed by atoms with Crippen LogP contribution >= 0.6 is 0 Å². The predicted molar refractivity (Wildman–Crippen MR) is 77.5 cm³/mol. The maximum atomic E-state index is 11.2. The molecule has 2 rings (SSSR count). The van der Waals surface area contributed by atoms with Gasteiger partial charge < -0.3 is 9.47 Å². The van der Waals surface area contributed by atoms with E-state index >= 15 is 0 Å². The molecule has 0 aliphatic rings. The summed E-state index contributed by atoms with van der Waals surface area (Å²) >= 11 is 0. The summed E-state index contributed by atoms with van der Waals surface area (Å²) < 4.78 is 12.8. The van der Waals surface area contributed by atoms with E-state index in [0.717, 1.165) is 11.3 Å². The average molecular weight is 289 g/mol. The Kier molecular flexibility index (Phi) is 5.19. The third kappa shape index (κ3) is 3.17. The van der Waals surface area contributed by atoms with Crippen LogP contribution in [0.15, 0.2) is 24.3 Å². The first kappa shape index (κ1) is 15.3. The number of ether oxygens (including phenoxy) is 2. The largest absolute Gasteiger partial charge is 0.347 e. The number of nitrogens with zero attached hydrogens (tertiary/aromatic N) is 3. The van der Waals surface area contributed by atoms with E-state index < -0.39 is 6.29 Å². The first-order chi connectivity index (χ1) is 10.2. The molecular formula is C15H19N3O3. The van der Waals surface area contributed by atoms with Gasteiger partial charge in [-0.1, -0.05) is 23.4 Å². The summed E-state index contributed by atoms with van der Waals surface area (Å²) in [7, 11) is 0. The highest BCUT2D eigenvalue weighted by atomic mass is 16.7. The van der Waals surface area contributed by atoms with Gasteiger partial charge in [0.1, 0.15) is 5.69 Å². The van der Waals surface area contributed by atoms with E-state index in [-0.39, 0.29) is 5.69 Å². The topological polar surface area (TPSA) is 66.2 Å². The van der Waals surface area contributed by atoms with Crippen LogP contribution < -0.4 is 0 Å². The zero-order valence-electron chi connectivity index (χ0n) is 12.4. The average Bonchev–Trinajstić information content (AvgIpc) is 2.91. The number of rotatable bonds is 7. The summed E-state index contributed by atoms with van der Waals surface area (Å²) in [6, 6.07) is 7.73. The Morgan fingerprint density at radius 2 is 1.90 bits per heavy atom. The molecule has 0 bridgehead atoms. The van der Waals surface area contributed by atoms with Crippen molar-refractivity contribution < 1.29 is 14.3 Å². The van der Waals surface area contributed by atoms with Crippen molar-refractivity contribution in [2.75, 3.05) is 13.2 Å². The second-order valence-electron chi connectivity index (χ2n) is 4.42. The Morgan fingerprint density at radius 1 is 1.24 bits per heavy atom. The molecule has 0 fully saturated rings. The van der Waals surface area contributed by atoms with Gasteiger partial charge in [0.2, 0.25) is 6.29 Å². The number of aryl methyl sites for hydroxylation is 1. The second kappa shape index (κ2) is 7.10. The smallest absolute Gasteiger partial charge is 0.203 e. The molecular weight excluding hydrogens is 270 g/mol. The van der Waals surface area contributed by atoms with Crippen LogP contribution in [0.25, 0.3) is 5.69 Å². The van der Waals surface area contributed by atoms with Crippen LogP contribution in [0.1, 0.15) is 41.9 Å². The van der Waals surface area contributed by atoms with Crippen LogP contribution in [0.2, 0.25) is 0 Å². The minimum Gasteiger partial charge on any atom is -0.347 e. The fourth-order valence-corrected chi connectivity index (χ4v) is 2.09. The molecule has 0 radical (unpaired) electrons. The van der Waals surface area contributed by atoms with E-state index in [4.69, 9.17) is 9.47 Å². The number of benzene rings is 1. The lowest BCUT2D eigenvalue weighted by molar-refractivity contribution is -0.143. The van der Waals surface area contributed by atoms with Gasteiger partial charge in [0.25, 0.3) is 0 Å². The van der Waals surface area contributed by atoms with E-state index in [1.54, 1.807) is 4.68 Å². The number of carbonyl (C=O) groups is 1. The molecule has 0 aliphatic carbocycles. The zero-order valence-corrected chi connectivity index (χ0v) is 12.4. The van der Waals surface area contributed by atoms with Crippen molar-refractivity contribution >= 4 is 6.29 Å². The Hall–Kier alpha value is -2.05. The summed E-state index contributed by atoms with van der Waals surface area (Å²) in [5.41, 5.74) is 2.61. The van der Waals surface area contributed by atoms with Crippen molar-refractivity contribution in [2.45, 2.75) is 27.1 Å². The number of hydrogen-bond donors (Lipinski definition) is 0. The van der Waals surface area contributed by atoms with Crippen molar-refractivity contribution in [1.82, 2.24) is 15.0 Å². The van der Waals surface area contributed by atoms with Crippen LogP contribution in [0.5, 0.6) is 0 Å². The number of aldehydes is 1. The van der Waals surface area contributed by atoms with Crippen LogP contribution in [0.4, 0.5) is 0 Å². The molecule has 0 saturated carbocycles. The monoisotopic (exact) mass is 289 g/mol. The molecule has 6 heteroatoms. The van der Waals surface area contributed by atoms with Crippen molar-refractivity contribution in [3.8, 4) is 5.69 Å². The van der Waals surface area contributed by atoms with Gasteiger partial charge in [-0.25, -0.2) is 4.68 Å². The molecule has 6 nitrogen and oxygen atoms in total. The molecule has 1 aromatic carbocycles. The van der Waals surface area contributed by atoms with Crippen LogP contribution in [-0.2, 0) is 9.47 Å². The van der Waals surface area contributed by atoms with Gasteiger partial charge in [-0.15, -0.1) is 5.10 Å². The molecule has 0 atom stereocenters. The Bertz CT molecular complexity index is 604. The maximum Gasteiger partial charge on any atom is 0.203 e. The number of para-hydroxylation sites is 1. The standard InChI is InChI=1S/C15H19N3O3/c1-4-20-15(21-5-2)14-12(10-19)16-17-18(14)13-9-7-6-8-11(13)3/h6-10,15H,4-5H2,1-3H3. The van der Waals surface area contributed by atoms with Gasteiger partial charge in [-0.3, -0.25) is 4.79 Å². The van der Waals surface area contributed by atoms with Gasteiger partial charge in [0.15, 0.2) is 12.0 Å². The van der Waals surface area contributed by atoms with E-state index in [9.17, 15) is 4.79 Å². The van der Waals surface area contributed by atoms with E-state index in [0.29, 0.717) is 25.2 Å². The number of aromatic nitrogens is 3. The highest BCUT2D eigenvalue weighted by molar-refractivity contribution is 5.73. The van der Waals surface area contributed by atoms with Crippen LogP contribution in [-0.4, -0.2) is 34.5 Å². The highest BCUT2D eigenvalue weighted by Gasteiger charge is 2.24. The summed E-state index contributed by atoms with van der Waals surface area (Å²) in [6.45, 7) is 6.63. The summed E-state index contributed by atoms with van der Waals surface area (Å²) in [5, 5.41) is 8.00. The maximum absolute atomic E-state index is 11.2. The lowest BCUT2D eigenvalue weighted by Crippen LogP contribution is -2.16. The molecule has 0 N–H and O–H groups in total. The summed E-state index contributed by atoms with van der Waals surface area (Å²) in [4.78, 5) is 11.2. The molecule has 1 aromatic heterocycles. The van der Waals surface area contributed by atoms with Crippen molar-refractivity contribution in [3.05, 3.63) is 41.2 Å². The Morgan fingerprint density at radius 3 is 2.48 bits per heavy atom. The molecule has 2 aromatic rings.